The van der Waals surface area contributed by atoms with Crippen LogP contribution in [0.5, 0.6) is 0 Å². The van der Waals surface area contributed by atoms with Crippen molar-refractivity contribution in [3.63, 3.8) is 0 Å². The minimum atomic E-state index is -0.423. The van der Waals surface area contributed by atoms with Crippen LogP contribution in [-0.4, -0.2) is 23.0 Å². The van der Waals surface area contributed by atoms with Gasteiger partial charge in [-0.1, -0.05) is 0 Å². The standard InChI is InChI=1S/C10H13N3O2/c14-13(15)10-2-1-9(12-7-10)5-8-3-4-11-6-8/h1-2,7-8,11H,3-6H2. The Morgan fingerprint density at radius 1 is 1.60 bits per heavy atom. The van der Waals surface area contributed by atoms with Gasteiger partial charge in [0, 0.05) is 11.8 Å². The lowest BCUT2D eigenvalue weighted by molar-refractivity contribution is -0.385. The van der Waals surface area contributed by atoms with Gasteiger partial charge in [-0.05, 0) is 37.9 Å². The van der Waals surface area contributed by atoms with Crippen LogP contribution in [0.1, 0.15) is 12.1 Å². The Bertz CT molecular complexity index is 344. The molecule has 0 radical (unpaired) electrons. The second-order valence-electron chi connectivity index (χ2n) is 3.83. The fraction of sp³-hybridized carbons (Fsp3) is 0.500. The molecule has 15 heavy (non-hydrogen) atoms. The Morgan fingerprint density at radius 2 is 2.47 bits per heavy atom. The van der Waals surface area contributed by atoms with Gasteiger partial charge in [0.25, 0.3) is 5.69 Å². The SMILES string of the molecule is O=[N+]([O-])c1ccc(CC2CCNC2)nc1. The van der Waals surface area contributed by atoms with Crippen molar-refractivity contribution in [1.29, 1.82) is 0 Å². The van der Waals surface area contributed by atoms with Crippen molar-refractivity contribution in [3.05, 3.63) is 34.1 Å². The van der Waals surface area contributed by atoms with Crippen LogP contribution in [0.4, 0.5) is 5.69 Å². The number of pyridine rings is 1. The first kappa shape index (κ1) is 10.0. The second-order valence-corrected chi connectivity index (χ2v) is 3.83. The smallest absolute Gasteiger partial charge is 0.287 e. The molecule has 0 saturated carbocycles. The van der Waals surface area contributed by atoms with Crippen LogP contribution < -0.4 is 5.32 Å². The predicted molar refractivity (Wildman–Crippen MR) is 55.6 cm³/mol. The van der Waals surface area contributed by atoms with E-state index in [1.807, 2.05) is 0 Å². The number of nitrogens with one attached hydrogen (secondary N) is 1. The molecule has 0 aromatic carbocycles. The Kier molecular flexibility index (Phi) is 2.91. The van der Waals surface area contributed by atoms with E-state index in [0.29, 0.717) is 5.92 Å². The molecule has 1 saturated heterocycles. The minimum Gasteiger partial charge on any atom is -0.316 e. The number of hydrogen-bond donors (Lipinski definition) is 1. The Hall–Kier alpha value is -1.49. The first-order valence-electron chi connectivity index (χ1n) is 5.06. The van der Waals surface area contributed by atoms with Crippen molar-refractivity contribution in [2.45, 2.75) is 12.8 Å². The highest BCUT2D eigenvalue weighted by Gasteiger charge is 2.15. The van der Waals surface area contributed by atoms with Gasteiger partial charge in [0.2, 0.25) is 0 Å². The number of aromatic nitrogens is 1. The number of nitro groups is 1. The zero-order chi connectivity index (χ0) is 10.7. The zero-order valence-corrected chi connectivity index (χ0v) is 8.35. The van der Waals surface area contributed by atoms with Crippen molar-refractivity contribution >= 4 is 5.69 Å². The molecule has 1 aliphatic heterocycles. The summed E-state index contributed by atoms with van der Waals surface area (Å²) in [7, 11) is 0. The van der Waals surface area contributed by atoms with E-state index >= 15 is 0 Å². The van der Waals surface area contributed by atoms with Crippen molar-refractivity contribution in [3.8, 4) is 0 Å². The largest absolute Gasteiger partial charge is 0.316 e. The molecule has 1 fully saturated rings. The van der Waals surface area contributed by atoms with Crippen LogP contribution in [0.2, 0.25) is 0 Å². The third-order valence-corrected chi connectivity index (χ3v) is 2.68. The first-order chi connectivity index (χ1) is 7.25. The van der Waals surface area contributed by atoms with Gasteiger partial charge in [-0.15, -0.1) is 0 Å². The maximum absolute atomic E-state index is 10.4. The molecule has 1 aliphatic rings. The average molecular weight is 207 g/mol. The fourth-order valence-corrected chi connectivity index (χ4v) is 1.83. The lowest BCUT2D eigenvalue weighted by atomic mass is 10.0. The highest BCUT2D eigenvalue weighted by Crippen LogP contribution is 2.15. The van der Waals surface area contributed by atoms with Gasteiger partial charge in [0.05, 0.1) is 4.92 Å². The molecule has 1 N–H and O–H groups in total. The molecule has 5 heteroatoms. The van der Waals surface area contributed by atoms with Gasteiger partial charge in [0.1, 0.15) is 6.20 Å². The summed E-state index contributed by atoms with van der Waals surface area (Å²) in [6.45, 7) is 2.09. The van der Waals surface area contributed by atoms with Gasteiger partial charge in [0.15, 0.2) is 0 Å². The van der Waals surface area contributed by atoms with E-state index in [-0.39, 0.29) is 5.69 Å². The van der Waals surface area contributed by atoms with E-state index < -0.39 is 4.92 Å². The molecule has 1 unspecified atom stereocenters. The van der Waals surface area contributed by atoms with E-state index in [1.165, 1.54) is 18.7 Å². The van der Waals surface area contributed by atoms with Crippen molar-refractivity contribution in [2.24, 2.45) is 5.92 Å². The van der Waals surface area contributed by atoms with Crippen molar-refractivity contribution < 1.29 is 4.92 Å². The summed E-state index contributed by atoms with van der Waals surface area (Å²) in [5.41, 5.74) is 0.998. The molecule has 0 amide bonds. The Labute approximate surface area is 87.7 Å². The summed E-state index contributed by atoms with van der Waals surface area (Å²) in [5, 5.41) is 13.7. The Morgan fingerprint density at radius 3 is 3.00 bits per heavy atom. The predicted octanol–water partition coefficient (Wildman–Crippen LogP) is 1.14. The molecule has 80 valence electrons. The lowest BCUT2D eigenvalue weighted by Gasteiger charge is -2.06. The van der Waals surface area contributed by atoms with E-state index in [0.717, 1.165) is 25.2 Å². The normalized spacial score (nSPS) is 20.4. The van der Waals surface area contributed by atoms with Gasteiger partial charge in [-0.2, -0.15) is 0 Å². The molecule has 1 aromatic heterocycles. The highest BCUT2D eigenvalue weighted by atomic mass is 16.6. The van der Waals surface area contributed by atoms with E-state index in [4.69, 9.17) is 0 Å². The molecule has 0 bridgehead atoms. The summed E-state index contributed by atoms with van der Waals surface area (Å²) in [4.78, 5) is 14.1. The topological polar surface area (TPSA) is 68.1 Å². The van der Waals surface area contributed by atoms with Crippen LogP contribution in [0.15, 0.2) is 18.3 Å². The first-order valence-corrected chi connectivity index (χ1v) is 5.06. The summed E-state index contributed by atoms with van der Waals surface area (Å²) in [5.74, 6) is 0.624. The monoisotopic (exact) mass is 207 g/mol. The summed E-state index contributed by atoms with van der Waals surface area (Å²) in [6.07, 6.45) is 3.40. The van der Waals surface area contributed by atoms with Crippen molar-refractivity contribution in [2.75, 3.05) is 13.1 Å². The molecule has 5 nitrogen and oxygen atoms in total. The summed E-state index contributed by atoms with van der Waals surface area (Å²) < 4.78 is 0. The summed E-state index contributed by atoms with van der Waals surface area (Å²) in [6, 6.07) is 3.27. The average Bonchev–Trinajstić information content (AvgIpc) is 2.71. The Balaban J connectivity index is 2.00. The third-order valence-electron chi connectivity index (χ3n) is 2.68. The fourth-order valence-electron chi connectivity index (χ4n) is 1.83. The summed E-state index contributed by atoms with van der Waals surface area (Å²) >= 11 is 0. The number of rotatable bonds is 3. The molecule has 1 aromatic rings. The lowest BCUT2D eigenvalue weighted by Crippen LogP contribution is -2.11. The molecular formula is C10H13N3O2. The molecule has 2 heterocycles. The van der Waals surface area contributed by atoms with E-state index in [1.54, 1.807) is 6.07 Å². The quantitative estimate of drug-likeness (QED) is 0.596. The number of nitrogens with zero attached hydrogens (tertiary/aromatic N) is 2. The second kappa shape index (κ2) is 4.35. The molecular weight excluding hydrogens is 194 g/mol. The zero-order valence-electron chi connectivity index (χ0n) is 8.35. The minimum absolute atomic E-state index is 0.0586. The molecule has 1 atom stereocenters. The van der Waals surface area contributed by atoms with Crippen LogP contribution in [0.25, 0.3) is 0 Å². The molecule has 2 rings (SSSR count). The van der Waals surface area contributed by atoms with E-state index in [9.17, 15) is 10.1 Å². The van der Waals surface area contributed by atoms with Gasteiger partial charge < -0.3 is 5.32 Å². The molecule has 0 spiro atoms. The van der Waals surface area contributed by atoms with Crippen LogP contribution >= 0.6 is 0 Å². The third kappa shape index (κ3) is 2.50. The van der Waals surface area contributed by atoms with Crippen LogP contribution in [0, 0.1) is 16.0 Å². The maximum Gasteiger partial charge on any atom is 0.287 e. The van der Waals surface area contributed by atoms with Crippen LogP contribution in [-0.2, 0) is 6.42 Å². The van der Waals surface area contributed by atoms with Crippen LogP contribution in [0.3, 0.4) is 0 Å². The van der Waals surface area contributed by atoms with E-state index in [2.05, 4.69) is 10.3 Å². The van der Waals surface area contributed by atoms with Gasteiger partial charge in [-0.25, -0.2) is 0 Å². The maximum atomic E-state index is 10.4. The highest BCUT2D eigenvalue weighted by molar-refractivity contribution is 5.26. The number of hydrogen-bond acceptors (Lipinski definition) is 4. The molecule has 0 aliphatic carbocycles. The van der Waals surface area contributed by atoms with Gasteiger partial charge >= 0.3 is 0 Å². The van der Waals surface area contributed by atoms with Gasteiger partial charge in [-0.3, -0.25) is 15.1 Å². The van der Waals surface area contributed by atoms with Crippen molar-refractivity contribution in [1.82, 2.24) is 10.3 Å².